The normalized spacial score (nSPS) is 28.5. The molecular formula is C10H18O3. The number of carbonyl (C=O) groups is 1. The molecule has 1 fully saturated rings. The van der Waals surface area contributed by atoms with Gasteiger partial charge in [-0.25, -0.2) is 0 Å². The molecule has 3 nitrogen and oxygen atoms in total. The van der Waals surface area contributed by atoms with Crippen molar-refractivity contribution in [2.45, 2.75) is 39.2 Å². The summed E-state index contributed by atoms with van der Waals surface area (Å²) < 4.78 is 10.3. The molecule has 76 valence electrons. The van der Waals surface area contributed by atoms with Crippen molar-refractivity contribution in [3.8, 4) is 0 Å². The van der Waals surface area contributed by atoms with Crippen molar-refractivity contribution in [3.05, 3.63) is 0 Å². The van der Waals surface area contributed by atoms with E-state index in [0.29, 0.717) is 18.9 Å². The molecule has 1 rings (SSSR count). The Morgan fingerprint density at radius 3 is 3.00 bits per heavy atom. The fourth-order valence-electron chi connectivity index (χ4n) is 1.62. The summed E-state index contributed by atoms with van der Waals surface area (Å²) in [5.41, 5.74) is 0. The third kappa shape index (κ3) is 3.77. The van der Waals surface area contributed by atoms with Gasteiger partial charge in [0.05, 0.1) is 19.1 Å². The van der Waals surface area contributed by atoms with Crippen LogP contribution in [0.15, 0.2) is 0 Å². The van der Waals surface area contributed by atoms with Crippen LogP contribution in [0.25, 0.3) is 0 Å². The molecule has 1 aliphatic rings. The van der Waals surface area contributed by atoms with Gasteiger partial charge in [0.1, 0.15) is 0 Å². The topological polar surface area (TPSA) is 35.5 Å². The van der Waals surface area contributed by atoms with E-state index in [1.54, 1.807) is 0 Å². The second-order valence-corrected chi connectivity index (χ2v) is 3.63. The van der Waals surface area contributed by atoms with Gasteiger partial charge in [0.2, 0.25) is 0 Å². The van der Waals surface area contributed by atoms with Crippen molar-refractivity contribution in [1.82, 2.24) is 0 Å². The van der Waals surface area contributed by atoms with E-state index in [0.717, 1.165) is 19.4 Å². The summed E-state index contributed by atoms with van der Waals surface area (Å²) in [6.45, 7) is 5.26. The highest BCUT2D eigenvalue weighted by Crippen LogP contribution is 2.21. The molecule has 13 heavy (non-hydrogen) atoms. The zero-order valence-corrected chi connectivity index (χ0v) is 8.41. The summed E-state index contributed by atoms with van der Waals surface area (Å²) in [4.78, 5) is 11.1. The van der Waals surface area contributed by atoms with E-state index >= 15 is 0 Å². The van der Waals surface area contributed by atoms with E-state index in [1.165, 1.54) is 0 Å². The Hall–Kier alpha value is -0.570. The minimum Gasteiger partial charge on any atom is -0.466 e. The molecular weight excluding hydrogens is 168 g/mol. The van der Waals surface area contributed by atoms with Gasteiger partial charge in [0.25, 0.3) is 0 Å². The van der Waals surface area contributed by atoms with Crippen molar-refractivity contribution in [1.29, 1.82) is 0 Å². The minimum absolute atomic E-state index is 0.0859. The quantitative estimate of drug-likeness (QED) is 0.630. The molecule has 0 radical (unpaired) electrons. The minimum atomic E-state index is -0.137. The van der Waals surface area contributed by atoms with Crippen LogP contribution in [0.1, 0.15) is 33.1 Å². The molecule has 1 heterocycles. The van der Waals surface area contributed by atoms with Gasteiger partial charge in [-0.1, -0.05) is 6.92 Å². The Morgan fingerprint density at radius 2 is 2.38 bits per heavy atom. The van der Waals surface area contributed by atoms with E-state index in [9.17, 15) is 4.79 Å². The maximum Gasteiger partial charge on any atom is 0.308 e. The fourth-order valence-corrected chi connectivity index (χ4v) is 1.62. The zero-order valence-electron chi connectivity index (χ0n) is 8.41. The molecule has 0 aromatic rings. The first-order chi connectivity index (χ1) is 6.22. The van der Waals surface area contributed by atoms with Crippen LogP contribution < -0.4 is 0 Å². The van der Waals surface area contributed by atoms with Crippen molar-refractivity contribution < 1.29 is 14.3 Å². The SMILES string of the molecule is CCOC(=O)C[C@H]1C[C@@H](C)CCO1. The van der Waals surface area contributed by atoms with E-state index in [1.807, 2.05) is 6.92 Å². The van der Waals surface area contributed by atoms with Gasteiger partial charge in [0.15, 0.2) is 0 Å². The van der Waals surface area contributed by atoms with Crippen molar-refractivity contribution in [2.24, 2.45) is 5.92 Å². The average Bonchev–Trinajstić information content (AvgIpc) is 2.04. The molecule has 0 aliphatic carbocycles. The molecule has 0 saturated carbocycles. The molecule has 1 saturated heterocycles. The van der Waals surface area contributed by atoms with Crippen molar-refractivity contribution >= 4 is 5.97 Å². The maximum absolute atomic E-state index is 11.1. The number of esters is 1. The second-order valence-electron chi connectivity index (χ2n) is 3.63. The van der Waals surface area contributed by atoms with Crippen LogP contribution in [0, 0.1) is 5.92 Å². The zero-order chi connectivity index (χ0) is 9.68. The largest absolute Gasteiger partial charge is 0.466 e. The van der Waals surface area contributed by atoms with Crippen LogP contribution >= 0.6 is 0 Å². The van der Waals surface area contributed by atoms with Gasteiger partial charge in [-0.2, -0.15) is 0 Å². The van der Waals surface area contributed by atoms with Crippen LogP contribution in [0.3, 0.4) is 0 Å². The van der Waals surface area contributed by atoms with Crippen LogP contribution in [-0.4, -0.2) is 25.3 Å². The lowest BCUT2D eigenvalue weighted by molar-refractivity contribution is -0.147. The van der Waals surface area contributed by atoms with Gasteiger partial charge >= 0.3 is 5.97 Å². The Morgan fingerprint density at radius 1 is 1.62 bits per heavy atom. The summed E-state index contributed by atoms with van der Waals surface area (Å²) >= 11 is 0. The lowest BCUT2D eigenvalue weighted by Crippen LogP contribution is -2.27. The predicted octanol–water partition coefficient (Wildman–Crippen LogP) is 1.75. The number of carbonyl (C=O) groups excluding carboxylic acids is 1. The standard InChI is InChI=1S/C10H18O3/c1-3-12-10(11)7-9-6-8(2)4-5-13-9/h8-9H,3-7H2,1-2H3/t8-,9+/m0/s1. The van der Waals surface area contributed by atoms with Crippen LogP contribution in [0.4, 0.5) is 0 Å². The van der Waals surface area contributed by atoms with Crippen LogP contribution in [0.5, 0.6) is 0 Å². The van der Waals surface area contributed by atoms with Gasteiger partial charge < -0.3 is 9.47 Å². The first kappa shape index (κ1) is 10.5. The molecule has 0 spiro atoms. The fraction of sp³-hybridized carbons (Fsp3) is 0.900. The lowest BCUT2D eigenvalue weighted by Gasteiger charge is -2.26. The molecule has 3 heteroatoms. The van der Waals surface area contributed by atoms with E-state index in [4.69, 9.17) is 9.47 Å². The van der Waals surface area contributed by atoms with Gasteiger partial charge in [-0.3, -0.25) is 4.79 Å². The van der Waals surface area contributed by atoms with Crippen LogP contribution in [0.2, 0.25) is 0 Å². The Kier molecular flexibility index (Phi) is 4.22. The number of hydrogen-bond donors (Lipinski definition) is 0. The number of hydrogen-bond acceptors (Lipinski definition) is 3. The van der Waals surface area contributed by atoms with Gasteiger partial charge in [-0.05, 0) is 25.7 Å². The average molecular weight is 186 g/mol. The first-order valence-electron chi connectivity index (χ1n) is 4.99. The highest BCUT2D eigenvalue weighted by atomic mass is 16.5. The van der Waals surface area contributed by atoms with E-state index in [-0.39, 0.29) is 12.1 Å². The van der Waals surface area contributed by atoms with E-state index < -0.39 is 0 Å². The van der Waals surface area contributed by atoms with Crippen LogP contribution in [-0.2, 0) is 14.3 Å². The molecule has 0 unspecified atom stereocenters. The molecule has 2 atom stereocenters. The summed E-state index contributed by atoms with van der Waals surface area (Å²) in [6.07, 6.45) is 2.60. The maximum atomic E-state index is 11.1. The smallest absolute Gasteiger partial charge is 0.308 e. The Labute approximate surface area is 79.4 Å². The molecule has 0 aromatic carbocycles. The molecule has 0 amide bonds. The first-order valence-corrected chi connectivity index (χ1v) is 4.99. The van der Waals surface area contributed by atoms with Crippen molar-refractivity contribution in [3.63, 3.8) is 0 Å². The summed E-state index contributed by atoms with van der Waals surface area (Å²) in [5.74, 6) is 0.537. The second kappa shape index (κ2) is 5.22. The summed E-state index contributed by atoms with van der Waals surface area (Å²) in [5, 5.41) is 0. The van der Waals surface area contributed by atoms with Gasteiger partial charge in [-0.15, -0.1) is 0 Å². The molecule has 0 aromatic heterocycles. The predicted molar refractivity (Wildman–Crippen MR) is 49.4 cm³/mol. The monoisotopic (exact) mass is 186 g/mol. The third-order valence-corrected chi connectivity index (χ3v) is 2.33. The Bertz CT molecular complexity index is 168. The number of ether oxygens (including phenoxy) is 2. The number of rotatable bonds is 3. The Balaban J connectivity index is 2.23. The molecule has 0 bridgehead atoms. The third-order valence-electron chi connectivity index (χ3n) is 2.33. The lowest BCUT2D eigenvalue weighted by atomic mass is 9.96. The van der Waals surface area contributed by atoms with Gasteiger partial charge in [0, 0.05) is 6.61 Å². The summed E-state index contributed by atoms with van der Waals surface area (Å²) in [7, 11) is 0. The highest BCUT2D eigenvalue weighted by molar-refractivity contribution is 5.69. The molecule has 1 aliphatic heterocycles. The van der Waals surface area contributed by atoms with Crippen molar-refractivity contribution in [2.75, 3.05) is 13.2 Å². The van der Waals surface area contributed by atoms with E-state index in [2.05, 4.69) is 6.92 Å². The molecule has 0 N–H and O–H groups in total. The summed E-state index contributed by atoms with van der Waals surface area (Å²) in [6, 6.07) is 0. The highest BCUT2D eigenvalue weighted by Gasteiger charge is 2.22.